The monoisotopic (exact) mass is 310 g/mol. The van der Waals surface area contributed by atoms with Gasteiger partial charge in [0.25, 0.3) is 0 Å². The largest absolute Gasteiger partial charge is 0.336 e. The predicted molar refractivity (Wildman–Crippen MR) is 89.8 cm³/mol. The molecule has 3 nitrogen and oxygen atoms in total. The normalized spacial score (nSPS) is 18.7. The summed E-state index contributed by atoms with van der Waals surface area (Å²) >= 11 is 0. The first-order chi connectivity index (χ1) is 9.83. The van der Waals surface area contributed by atoms with Gasteiger partial charge in [-0.2, -0.15) is 0 Å². The summed E-state index contributed by atoms with van der Waals surface area (Å²) in [5, 5.41) is 3.11. The Bertz CT molecular complexity index is 411. The molecule has 1 heterocycles. The van der Waals surface area contributed by atoms with E-state index >= 15 is 0 Å². The quantitative estimate of drug-likeness (QED) is 0.844. The summed E-state index contributed by atoms with van der Waals surface area (Å²) in [5.41, 5.74) is 1.29. The molecule has 0 aromatic heterocycles. The second-order valence-corrected chi connectivity index (χ2v) is 5.57. The molecule has 1 atom stereocenters. The van der Waals surface area contributed by atoms with Gasteiger partial charge in [0.2, 0.25) is 5.91 Å². The van der Waals surface area contributed by atoms with E-state index in [4.69, 9.17) is 0 Å². The zero-order valence-corrected chi connectivity index (χ0v) is 13.7. The van der Waals surface area contributed by atoms with E-state index in [1.165, 1.54) is 18.4 Å². The van der Waals surface area contributed by atoms with Crippen LogP contribution in [-0.4, -0.2) is 30.9 Å². The molecule has 0 aliphatic carbocycles. The highest BCUT2D eigenvalue weighted by molar-refractivity contribution is 5.85. The third-order valence-corrected chi connectivity index (χ3v) is 4.07. The number of halogens is 1. The van der Waals surface area contributed by atoms with Crippen LogP contribution in [0.25, 0.3) is 0 Å². The summed E-state index contributed by atoms with van der Waals surface area (Å²) in [6, 6.07) is 10.8. The van der Waals surface area contributed by atoms with Crippen LogP contribution in [-0.2, 0) is 4.79 Å². The molecule has 0 spiro atoms. The molecule has 1 amide bonds. The highest BCUT2D eigenvalue weighted by Crippen LogP contribution is 2.30. The lowest BCUT2D eigenvalue weighted by molar-refractivity contribution is -0.133. The lowest BCUT2D eigenvalue weighted by Gasteiger charge is -2.30. The maximum atomic E-state index is 12.5. The Morgan fingerprint density at radius 3 is 2.71 bits per heavy atom. The fourth-order valence-corrected chi connectivity index (χ4v) is 2.99. The third kappa shape index (κ3) is 5.33. The molecule has 21 heavy (non-hydrogen) atoms. The number of amides is 1. The molecule has 1 N–H and O–H groups in total. The maximum absolute atomic E-state index is 12.5. The molecular formula is C17H27ClN2O. The summed E-state index contributed by atoms with van der Waals surface area (Å²) in [5.74, 6) is 0.316. The van der Waals surface area contributed by atoms with E-state index in [2.05, 4.69) is 34.5 Å². The fourth-order valence-electron chi connectivity index (χ4n) is 2.99. The van der Waals surface area contributed by atoms with E-state index in [1.54, 1.807) is 0 Å². The van der Waals surface area contributed by atoms with Gasteiger partial charge in [-0.15, -0.1) is 12.4 Å². The first kappa shape index (κ1) is 18.0. The average molecular weight is 311 g/mol. The Morgan fingerprint density at radius 1 is 1.24 bits per heavy atom. The topological polar surface area (TPSA) is 32.3 Å². The minimum Gasteiger partial charge on any atom is -0.336 e. The molecule has 1 saturated heterocycles. The lowest BCUT2D eigenvalue weighted by Crippen LogP contribution is -2.35. The Balaban J connectivity index is 0.00000220. The molecule has 1 aromatic carbocycles. The Labute approximate surface area is 134 Å². The molecule has 2 rings (SSSR count). The number of likely N-dealkylation sites (tertiary alicyclic amines) is 1. The van der Waals surface area contributed by atoms with Crippen molar-refractivity contribution in [2.75, 3.05) is 20.1 Å². The van der Waals surface area contributed by atoms with Crippen LogP contribution in [0.3, 0.4) is 0 Å². The van der Waals surface area contributed by atoms with E-state index < -0.39 is 0 Å². The van der Waals surface area contributed by atoms with Crippen LogP contribution in [0.1, 0.15) is 50.1 Å². The predicted octanol–water partition coefficient (Wildman–Crippen LogP) is 3.55. The molecule has 0 bridgehead atoms. The third-order valence-electron chi connectivity index (χ3n) is 4.07. The second kappa shape index (κ2) is 9.80. The highest BCUT2D eigenvalue weighted by Gasteiger charge is 2.25. The number of carbonyl (C=O) groups excluding carboxylic acids is 1. The van der Waals surface area contributed by atoms with Crippen LogP contribution < -0.4 is 5.32 Å². The van der Waals surface area contributed by atoms with Gasteiger partial charge in [-0.3, -0.25) is 4.79 Å². The minimum absolute atomic E-state index is 0. The number of hydrogen-bond acceptors (Lipinski definition) is 2. The molecule has 1 aliphatic rings. The van der Waals surface area contributed by atoms with Gasteiger partial charge in [-0.25, -0.2) is 0 Å². The van der Waals surface area contributed by atoms with Crippen molar-refractivity contribution in [3.8, 4) is 0 Å². The van der Waals surface area contributed by atoms with Crippen LogP contribution in [0.15, 0.2) is 30.3 Å². The molecule has 1 aromatic rings. The summed E-state index contributed by atoms with van der Waals surface area (Å²) < 4.78 is 0. The van der Waals surface area contributed by atoms with Gasteiger partial charge in [-0.1, -0.05) is 43.2 Å². The Kier molecular flexibility index (Phi) is 8.40. The Hall–Kier alpha value is -1.06. The fraction of sp³-hybridized carbons (Fsp3) is 0.588. The molecule has 1 fully saturated rings. The van der Waals surface area contributed by atoms with E-state index in [0.29, 0.717) is 12.3 Å². The smallest absolute Gasteiger partial charge is 0.223 e. The number of rotatable bonds is 5. The standard InChI is InChI=1S/C17H26N2O.ClH/c1-18-13-8-12-17(20)19-14-7-3-6-11-16(19)15-9-4-2-5-10-15;/h2,4-5,9-10,16,18H,3,6-8,11-14H2,1H3;1H. The molecule has 118 valence electrons. The second-order valence-electron chi connectivity index (χ2n) is 5.57. The van der Waals surface area contributed by atoms with Gasteiger partial charge in [0, 0.05) is 13.0 Å². The number of carbonyl (C=O) groups is 1. The van der Waals surface area contributed by atoms with Gasteiger partial charge >= 0.3 is 0 Å². The number of hydrogen-bond donors (Lipinski definition) is 1. The SMILES string of the molecule is CNCCCC(=O)N1CCCCCC1c1ccccc1.Cl. The van der Waals surface area contributed by atoms with E-state index in [-0.39, 0.29) is 18.4 Å². The zero-order valence-electron chi connectivity index (χ0n) is 12.9. The zero-order chi connectivity index (χ0) is 14.2. The summed E-state index contributed by atoms with van der Waals surface area (Å²) in [7, 11) is 1.93. The van der Waals surface area contributed by atoms with Crippen LogP contribution in [0.2, 0.25) is 0 Å². The average Bonchev–Trinajstić information content (AvgIpc) is 2.74. The number of benzene rings is 1. The van der Waals surface area contributed by atoms with E-state index in [1.807, 2.05) is 13.1 Å². The van der Waals surface area contributed by atoms with Gasteiger partial charge in [0.1, 0.15) is 0 Å². The van der Waals surface area contributed by atoms with Crippen molar-refractivity contribution in [1.29, 1.82) is 0 Å². The van der Waals surface area contributed by atoms with Crippen LogP contribution in [0, 0.1) is 0 Å². The van der Waals surface area contributed by atoms with E-state index in [0.717, 1.165) is 32.4 Å². The van der Waals surface area contributed by atoms with Crippen molar-refractivity contribution in [2.45, 2.75) is 44.6 Å². The van der Waals surface area contributed by atoms with Crippen molar-refractivity contribution >= 4 is 18.3 Å². The summed E-state index contributed by atoms with van der Waals surface area (Å²) in [4.78, 5) is 14.6. The van der Waals surface area contributed by atoms with Crippen molar-refractivity contribution in [3.63, 3.8) is 0 Å². The molecule has 4 heteroatoms. The molecular weight excluding hydrogens is 284 g/mol. The van der Waals surface area contributed by atoms with Gasteiger partial charge < -0.3 is 10.2 Å². The summed E-state index contributed by atoms with van der Waals surface area (Å²) in [6.45, 7) is 1.83. The van der Waals surface area contributed by atoms with Crippen molar-refractivity contribution in [3.05, 3.63) is 35.9 Å². The lowest BCUT2D eigenvalue weighted by atomic mass is 10.0. The molecule has 1 unspecified atom stereocenters. The van der Waals surface area contributed by atoms with Gasteiger partial charge in [0.05, 0.1) is 6.04 Å². The number of nitrogens with one attached hydrogen (secondary N) is 1. The minimum atomic E-state index is 0. The highest BCUT2D eigenvalue weighted by atomic mass is 35.5. The van der Waals surface area contributed by atoms with Gasteiger partial charge in [-0.05, 0) is 38.4 Å². The number of nitrogens with zero attached hydrogens (tertiary/aromatic N) is 1. The molecule has 1 aliphatic heterocycles. The first-order valence-corrected chi connectivity index (χ1v) is 7.82. The van der Waals surface area contributed by atoms with Crippen molar-refractivity contribution < 1.29 is 4.79 Å². The van der Waals surface area contributed by atoms with Crippen LogP contribution in [0.5, 0.6) is 0 Å². The maximum Gasteiger partial charge on any atom is 0.223 e. The Morgan fingerprint density at radius 2 is 2.00 bits per heavy atom. The molecule has 0 saturated carbocycles. The summed E-state index contributed by atoms with van der Waals surface area (Å²) in [6.07, 6.45) is 6.28. The van der Waals surface area contributed by atoms with Crippen molar-refractivity contribution in [2.24, 2.45) is 0 Å². The van der Waals surface area contributed by atoms with E-state index in [9.17, 15) is 4.79 Å². The molecule has 0 radical (unpaired) electrons. The van der Waals surface area contributed by atoms with Gasteiger partial charge in [0.15, 0.2) is 0 Å². The van der Waals surface area contributed by atoms with Crippen LogP contribution in [0.4, 0.5) is 0 Å². The van der Waals surface area contributed by atoms with Crippen LogP contribution >= 0.6 is 12.4 Å². The van der Waals surface area contributed by atoms with Crippen molar-refractivity contribution in [1.82, 2.24) is 10.2 Å². The first-order valence-electron chi connectivity index (χ1n) is 7.82.